The molecule has 1 amide bonds. The molecule has 2 aromatic rings. The van der Waals surface area contributed by atoms with Crippen molar-refractivity contribution in [2.45, 2.75) is 39.5 Å². The van der Waals surface area contributed by atoms with Crippen molar-refractivity contribution in [3.05, 3.63) is 58.7 Å². The molecule has 1 fully saturated rings. The van der Waals surface area contributed by atoms with Gasteiger partial charge in [-0.2, -0.15) is 5.26 Å². The number of ether oxygens (including phenoxy) is 4. The van der Waals surface area contributed by atoms with E-state index in [0.717, 1.165) is 5.75 Å². The molecule has 0 radical (unpaired) electrons. The molecule has 0 atom stereocenters. The number of aryl methyl sites for hydroxylation is 1. The lowest BCUT2D eigenvalue weighted by Gasteiger charge is -2.26. The van der Waals surface area contributed by atoms with Crippen LogP contribution in [0.2, 0.25) is 0 Å². The summed E-state index contributed by atoms with van der Waals surface area (Å²) in [6.07, 6.45) is 2.18. The van der Waals surface area contributed by atoms with Crippen LogP contribution < -0.4 is 14.2 Å². The summed E-state index contributed by atoms with van der Waals surface area (Å²) in [6.45, 7) is 8.58. The summed E-state index contributed by atoms with van der Waals surface area (Å²) >= 11 is 0. The fraction of sp³-hybridized carbons (Fsp3) is 0.414. The number of hydrogen-bond acceptors (Lipinski definition) is 7. The zero-order valence-corrected chi connectivity index (χ0v) is 21.9. The fourth-order valence-electron chi connectivity index (χ4n) is 4.07. The quantitative estimate of drug-likeness (QED) is 0.152. The van der Waals surface area contributed by atoms with Crippen molar-refractivity contribution in [1.29, 1.82) is 5.26 Å². The van der Waals surface area contributed by atoms with Gasteiger partial charge in [-0.1, -0.05) is 26.0 Å². The molecule has 0 spiro atoms. The summed E-state index contributed by atoms with van der Waals surface area (Å²) in [5, 5.41) is 9.50. The van der Waals surface area contributed by atoms with Crippen LogP contribution in [0.15, 0.2) is 42.0 Å². The van der Waals surface area contributed by atoms with Crippen molar-refractivity contribution >= 4 is 18.0 Å². The van der Waals surface area contributed by atoms with E-state index in [1.165, 1.54) is 24.3 Å². The average Bonchev–Trinajstić information content (AvgIpc) is 2.90. The van der Waals surface area contributed by atoms with Crippen LogP contribution in [-0.4, -0.2) is 56.8 Å². The smallest absolute Gasteiger partial charge is 0.311 e. The van der Waals surface area contributed by atoms with Crippen molar-refractivity contribution in [3.63, 3.8) is 0 Å². The third-order valence-corrected chi connectivity index (χ3v) is 6.03. The van der Waals surface area contributed by atoms with Gasteiger partial charge in [-0.25, -0.2) is 0 Å². The van der Waals surface area contributed by atoms with Gasteiger partial charge in [0.05, 0.1) is 26.9 Å². The molecule has 2 aromatic carbocycles. The van der Waals surface area contributed by atoms with Crippen LogP contribution in [-0.2, 0) is 14.3 Å². The molecule has 3 rings (SSSR count). The highest BCUT2D eigenvalue weighted by Crippen LogP contribution is 2.30. The summed E-state index contributed by atoms with van der Waals surface area (Å²) in [6, 6.07) is 12.9. The molecule has 8 nitrogen and oxygen atoms in total. The SMILES string of the molecule is COc1cc(/C=C(\C#N)C(=O)N2CCOCC2)ccc1OC(=O)CCCOc1ccc(C(C)C)c(C)c1. The van der Waals surface area contributed by atoms with Crippen molar-refractivity contribution in [2.75, 3.05) is 40.0 Å². The minimum atomic E-state index is -0.406. The number of amides is 1. The molecule has 0 unspecified atom stereocenters. The highest BCUT2D eigenvalue weighted by Gasteiger charge is 2.21. The minimum Gasteiger partial charge on any atom is -0.494 e. The molecular formula is C29H34N2O6. The molecule has 1 saturated heterocycles. The topological polar surface area (TPSA) is 98.1 Å². The van der Waals surface area contributed by atoms with Gasteiger partial charge in [-0.3, -0.25) is 9.59 Å². The lowest BCUT2D eigenvalue weighted by atomic mass is 9.98. The Balaban J connectivity index is 1.54. The molecular weight excluding hydrogens is 472 g/mol. The molecule has 0 aromatic heterocycles. The summed E-state index contributed by atoms with van der Waals surface area (Å²) in [5.74, 6) is 1.09. The van der Waals surface area contributed by atoms with E-state index >= 15 is 0 Å². The van der Waals surface area contributed by atoms with E-state index in [9.17, 15) is 14.9 Å². The second-order valence-electron chi connectivity index (χ2n) is 9.08. The first-order chi connectivity index (χ1) is 17.8. The summed E-state index contributed by atoms with van der Waals surface area (Å²) < 4.78 is 21.9. The lowest BCUT2D eigenvalue weighted by Crippen LogP contribution is -2.41. The van der Waals surface area contributed by atoms with Crippen molar-refractivity contribution in [2.24, 2.45) is 0 Å². The van der Waals surface area contributed by atoms with E-state index in [4.69, 9.17) is 18.9 Å². The van der Waals surface area contributed by atoms with Gasteiger partial charge in [0.2, 0.25) is 0 Å². The summed E-state index contributed by atoms with van der Waals surface area (Å²) in [7, 11) is 1.46. The Morgan fingerprint density at radius 2 is 1.89 bits per heavy atom. The van der Waals surface area contributed by atoms with Gasteiger partial charge in [0, 0.05) is 19.5 Å². The molecule has 196 valence electrons. The number of rotatable bonds is 10. The first-order valence-electron chi connectivity index (χ1n) is 12.4. The molecule has 0 saturated carbocycles. The maximum absolute atomic E-state index is 12.6. The van der Waals surface area contributed by atoms with Crippen LogP contribution >= 0.6 is 0 Å². The van der Waals surface area contributed by atoms with E-state index in [1.54, 1.807) is 23.1 Å². The maximum atomic E-state index is 12.6. The van der Waals surface area contributed by atoms with Gasteiger partial charge in [-0.05, 0) is 66.3 Å². The normalized spacial score (nSPS) is 13.7. The predicted molar refractivity (Wildman–Crippen MR) is 140 cm³/mol. The van der Waals surface area contributed by atoms with Gasteiger partial charge < -0.3 is 23.8 Å². The Bertz CT molecular complexity index is 1180. The van der Waals surface area contributed by atoms with E-state index in [0.29, 0.717) is 56.6 Å². The number of esters is 1. The summed E-state index contributed by atoms with van der Waals surface area (Å²) in [5.41, 5.74) is 3.08. The number of benzene rings is 2. The van der Waals surface area contributed by atoms with Crippen LogP contribution in [0.4, 0.5) is 0 Å². The third kappa shape index (κ3) is 7.83. The molecule has 1 aliphatic heterocycles. The molecule has 37 heavy (non-hydrogen) atoms. The molecule has 1 heterocycles. The Labute approximate surface area is 218 Å². The molecule has 0 N–H and O–H groups in total. The van der Waals surface area contributed by atoms with Crippen LogP contribution in [0.3, 0.4) is 0 Å². The number of morpholine rings is 1. The summed E-state index contributed by atoms with van der Waals surface area (Å²) in [4.78, 5) is 26.6. The first-order valence-corrected chi connectivity index (χ1v) is 12.4. The number of carbonyl (C=O) groups excluding carboxylic acids is 2. The molecule has 1 aliphatic rings. The zero-order valence-electron chi connectivity index (χ0n) is 21.9. The van der Waals surface area contributed by atoms with E-state index in [1.807, 2.05) is 18.2 Å². The maximum Gasteiger partial charge on any atom is 0.311 e. The zero-order chi connectivity index (χ0) is 26.8. The molecule has 0 bridgehead atoms. The monoisotopic (exact) mass is 506 g/mol. The number of methoxy groups -OCH3 is 1. The predicted octanol–water partition coefficient (Wildman–Crippen LogP) is 4.66. The van der Waals surface area contributed by atoms with Gasteiger partial charge in [0.15, 0.2) is 11.5 Å². The van der Waals surface area contributed by atoms with Crippen LogP contribution in [0.5, 0.6) is 17.2 Å². The Kier molecular flexibility index (Phi) is 10.1. The Morgan fingerprint density at radius 3 is 2.54 bits per heavy atom. The van der Waals surface area contributed by atoms with E-state index in [2.05, 4.69) is 26.8 Å². The van der Waals surface area contributed by atoms with Crippen LogP contribution in [0.25, 0.3) is 6.08 Å². The fourth-order valence-corrected chi connectivity index (χ4v) is 4.07. The molecule has 8 heteroatoms. The van der Waals surface area contributed by atoms with Crippen LogP contribution in [0, 0.1) is 18.3 Å². The second-order valence-corrected chi connectivity index (χ2v) is 9.08. The number of nitrogens with zero attached hydrogens (tertiary/aromatic N) is 2. The van der Waals surface area contributed by atoms with E-state index < -0.39 is 5.97 Å². The Hall–Kier alpha value is -3.83. The first kappa shape index (κ1) is 27.8. The number of nitriles is 1. The van der Waals surface area contributed by atoms with Gasteiger partial charge in [0.1, 0.15) is 17.4 Å². The number of carbonyl (C=O) groups is 2. The Morgan fingerprint density at radius 1 is 1.14 bits per heavy atom. The average molecular weight is 507 g/mol. The van der Waals surface area contributed by atoms with Crippen molar-refractivity contribution < 1.29 is 28.5 Å². The van der Waals surface area contributed by atoms with Gasteiger partial charge >= 0.3 is 5.97 Å². The minimum absolute atomic E-state index is 0.0164. The standard InChI is InChI=1S/C29H34N2O6/c1-20(2)25-9-8-24(16-21(25)3)36-13-5-6-28(32)37-26-10-7-22(18-27(26)34-4)17-23(19-30)29(33)31-11-14-35-15-12-31/h7-10,16-18,20H,5-6,11-15H2,1-4H3/b23-17+. The highest BCUT2D eigenvalue weighted by molar-refractivity contribution is 6.01. The van der Waals surface area contributed by atoms with Crippen LogP contribution in [0.1, 0.15) is 49.3 Å². The lowest BCUT2D eigenvalue weighted by molar-refractivity contribution is -0.134. The highest BCUT2D eigenvalue weighted by atomic mass is 16.6. The largest absolute Gasteiger partial charge is 0.494 e. The van der Waals surface area contributed by atoms with E-state index in [-0.39, 0.29) is 23.7 Å². The van der Waals surface area contributed by atoms with Crippen molar-refractivity contribution in [3.8, 4) is 23.3 Å². The van der Waals surface area contributed by atoms with Gasteiger partial charge in [0.25, 0.3) is 5.91 Å². The third-order valence-electron chi connectivity index (χ3n) is 6.03. The molecule has 0 aliphatic carbocycles. The second kappa shape index (κ2) is 13.5. The van der Waals surface area contributed by atoms with Crippen molar-refractivity contribution in [1.82, 2.24) is 4.90 Å². The van der Waals surface area contributed by atoms with Gasteiger partial charge in [-0.15, -0.1) is 0 Å². The number of hydrogen-bond donors (Lipinski definition) is 0.